The highest BCUT2D eigenvalue weighted by atomic mass is 16.5. The Kier molecular flexibility index (Phi) is 4.45. The Morgan fingerprint density at radius 3 is 2.74 bits per heavy atom. The molecule has 2 atom stereocenters. The number of nitrogens with zero attached hydrogens (tertiary/aromatic N) is 2. The molecular formula is C15H25N3O. The summed E-state index contributed by atoms with van der Waals surface area (Å²) in [5.74, 6) is 0.889. The van der Waals surface area contributed by atoms with E-state index < -0.39 is 0 Å². The third-order valence-corrected chi connectivity index (χ3v) is 4.06. The van der Waals surface area contributed by atoms with Crippen LogP contribution in [-0.2, 0) is 0 Å². The van der Waals surface area contributed by atoms with Crippen LogP contribution in [-0.4, -0.2) is 56.7 Å². The van der Waals surface area contributed by atoms with Crippen LogP contribution in [0.1, 0.15) is 17.2 Å². The van der Waals surface area contributed by atoms with Gasteiger partial charge in [-0.3, -0.25) is 4.90 Å². The summed E-state index contributed by atoms with van der Waals surface area (Å²) in [5, 5.41) is 0. The predicted molar refractivity (Wildman–Crippen MR) is 78.6 cm³/mol. The molecule has 106 valence electrons. The van der Waals surface area contributed by atoms with Crippen molar-refractivity contribution in [2.75, 3.05) is 40.8 Å². The monoisotopic (exact) mass is 263 g/mol. The summed E-state index contributed by atoms with van der Waals surface area (Å²) in [7, 11) is 6.01. The molecule has 1 aliphatic rings. The second-order valence-electron chi connectivity index (χ2n) is 5.58. The summed E-state index contributed by atoms with van der Waals surface area (Å²) in [6.07, 6.45) is 0. The molecule has 4 nitrogen and oxygen atoms in total. The van der Waals surface area contributed by atoms with E-state index in [-0.39, 0.29) is 6.04 Å². The van der Waals surface area contributed by atoms with Crippen molar-refractivity contribution in [1.29, 1.82) is 0 Å². The standard InChI is InChI=1S/C15H25N3O/c1-11-5-6-14(19-4)12(9-11)15(16)13-10-17(2)7-8-18(13)3/h5-6,9,13,15H,7-8,10,16H2,1-4H3. The zero-order valence-corrected chi connectivity index (χ0v) is 12.4. The van der Waals surface area contributed by atoms with Gasteiger partial charge in [0.05, 0.1) is 13.2 Å². The lowest BCUT2D eigenvalue weighted by Crippen LogP contribution is -2.54. The first kappa shape index (κ1) is 14.3. The normalized spacial score (nSPS) is 23.3. The van der Waals surface area contributed by atoms with Gasteiger partial charge in [0.1, 0.15) is 5.75 Å². The molecule has 2 rings (SSSR count). The topological polar surface area (TPSA) is 41.7 Å². The van der Waals surface area contributed by atoms with Gasteiger partial charge in [0, 0.05) is 31.2 Å². The van der Waals surface area contributed by atoms with E-state index in [0.29, 0.717) is 6.04 Å². The second-order valence-corrected chi connectivity index (χ2v) is 5.58. The molecule has 0 bridgehead atoms. The molecule has 2 unspecified atom stereocenters. The first-order valence-corrected chi connectivity index (χ1v) is 6.82. The van der Waals surface area contributed by atoms with Gasteiger partial charge in [-0.15, -0.1) is 0 Å². The van der Waals surface area contributed by atoms with Crippen LogP contribution < -0.4 is 10.5 Å². The molecule has 1 saturated heterocycles. The van der Waals surface area contributed by atoms with Crippen LogP contribution in [0.25, 0.3) is 0 Å². The van der Waals surface area contributed by atoms with Crippen molar-refractivity contribution in [1.82, 2.24) is 9.80 Å². The van der Waals surface area contributed by atoms with E-state index >= 15 is 0 Å². The van der Waals surface area contributed by atoms with Gasteiger partial charge in [-0.1, -0.05) is 17.7 Å². The Labute approximate surface area is 116 Å². The fourth-order valence-electron chi connectivity index (χ4n) is 2.75. The Bertz CT molecular complexity index is 435. The van der Waals surface area contributed by atoms with Crippen LogP contribution >= 0.6 is 0 Å². The number of aryl methyl sites for hydroxylation is 1. The van der Waals surface area contributed by atoms with Crippen molar-refractivity contribution in [2.45, 2.75) is 19.0 Å². The van der Waals surface area contributed by atoms with Crippen molar-refractivity contribution in [3.05, 3.63) is 29.3 Å². The van der Waals surface area contributed by atoms with Crippen molar-refractivity contribution in [3.63, 3.8) is 0 Å². The summed E-state index contributed by atoms with van der Waals surface area (Å²) in [6, 6.07) is 6.52. The maximum Gasteiger partial charge on any atom is 0.123 e. The van der Waals surface area contributed by atoms with Crippen molar-refractivity contribution < 1.29 is 4.74 Å². The molecule has 1 aliphatic heterocycles. The number of benzene rings is 1. The Morgan fingerprint density at radius 2 is 2.05 bits per heavy atom. The van der Waals surface area contributed by atoms with Crippen LogP contribution in [0.3, 0.4) is 0 Å². The zero-order chi connectivity index (χ0) is 14.0. The number of methoxy groups -OCH3 is 1. The number of likely N-dealkylation sites (N-methyl/N-ethyl adjacent to an activating group) is 2. The van der Waals surface area contributed by atoms with Gasteiger partial charge in [-0.05, 0) is 27.1 Å². The summed E-state index contributed by atoms with van der Waals surface area (Å²) in [6.45, 7) is 5.24. The Balaban J connectivity index is 2.27. The van der Waals surface area contributed by atoms with Crippen LogP contribution in [0.15, 0.2) is 18.2 Å². The Morgan fingerprint density at radius 1 is 1.32 bits per heavy atom. The van der Waals surface area contributed by atoms with Crippen molar-refractivity contribution >= 4 is 0 Å². The predicted octanol–water partition coefficient (Wildman–Crippen LogP) is 1.25. The minimum absolute atomic E-state index is 0.0254. The fourth-order valence-corrected chi connectivity index (χ4v) is 2.75. The molecule has 1 aromatic rings. The number of ether oxygens (including phenoxy) is 1. The molecule has 0 saturated carbocycles. The first-order chi connectivity index (χ1) is 9.02. The number of rotatable bonds is 3. The minimum atomic E-state index is -0.0254. The number of piperazine rings is 1. The van der Waals surface area contributed by atoms with Crippen LogP contribution in [0, 0.1) is 6.92 Å². The van der Waals surface area contributed by atoms with Gasteiger partial charge >= 0.3 is 0 Å². The van der Waals surface area contributed by atoms with E-state index in [1.54, 1.807) is 7.11 Å². The minimum Gasteiger partial charge on any atom is -0.496 e. The molecule has 2 N–H and O–H groups in total. The van der Waals surface area contributed by atoms with E-state index in [9.17, 15) is 0 Å². The molecule has 0 aliphatic carbocycles. The largest absolute Gasteiger partial charge is 0.496 e. The summed E-state index contributed by atoms with van der Waals surface area (Å²) in [4.78, 5) is 4.69. The summed E-state index contributed by atoms with van der Waals surface area (Å²) in [5.41, 5.74) is 8.85. The van der Waals surface area contributed by atoms with Gasteiger partial charge in [0.25, 0.3) is 0 Å². The van der Waals surface area contributed by atoms with Crippen LogP contribution in [0.5, 0.6) is 5.75 Å². The van der Waals surface area contributed by atoms with E-state index in [2.05, 4.69) is 43.0 Å². The molecule has 0 spiro atoms. The number of hydrogen-bond donors (Lipinski definition) is 1. The maximum atomic E-state index is 6.52. The quantitative estimate of drug-likeness (QED) is 0.891. The van der Waals surface area contributed by atoms with Gasteiger partial charge in [-0.25, -0.2) is 0 Å². The molecule has 19 heavy (non-hydrogen) atoms. The Hall–Kier alpha value is -1.10. The van der Waals surface area contributed by atoms with Gasteiger partial charge in [-0.2, -0.15) is 0 Å². The molecule has 0 amide bonds. The molecule has 0 radical (unpaired) electrons. The third kappa shape index (κ3) is 3.08. The maximum absolute atomic E-state index is 6.52. The molecule has 1 heterocycles. The molecule has 0 aromatic heterocycles. The van der Waals surface area contributed by atoms with Gasteiger partial charge < -0.3 is 15.4 Å². The average Bonchev–Trinajstić information content (AvgIpc) is 2.40. The van der Waals surface area contributed by atoms with E-state index in [0.717, 1.165) is 30.9 Å². The lowest BCUT2D eigenvalue weighted by Gasteiger charge is -2.41. The first-order valence-electron chi connectivity index (χ1n) is 6.82. The molecular weight excluding hydrogens is 238 g/mol. The lowest BCUT2D eigenvalue weighted by molar-refractivity contribution is 0.0968. The van der Waals surface area contributed by atoms with E-state index in [1.807, 2.05) is 6.07 Å². The van der Waals surface area contributed by atoms with Crippen LogP contribution in [0.4, 0.5) is 0 Å². The number of nitrogens with two attached hydrogens (primary N) is 1. The highest BCUT2D eigenvalue weighted by Gasteiger charge is 2.30. The van der Waals surface area contributed by atoms with E-state index in [4.69, 9.17) is 10.5 Å². The van der Waals surface area contributed by atoms with Gasteiger partial charge in [0.2, 0.25) is 0 Å². The zero-order valence-electron chi connectivity index (χ0n) is 12.4. The molecule has 1 fully saturated rings. The fraction of sp³-hybridized carbons (Fsp3) is 0.600. The average molecular weight is 263 g/mol. The van der Waals surface area contributed by atoms with Crippen molar-refractivity contribution in [2.24, 2.45) is 5.73 Å². The lowest BCUT2D eigenvalue weighted by atomic mass is 9.95. The highest BCUT2D eigenvalue weighted by molar-refractivity contribution is 5.39. The second kappa shape index (κ2) is 5.90. The van der Waals surface area contributed by atoms with Crippen molar-refractivity contribution in [3.8, 4) is 5.75 Å². The summed E-state index contributed by atoms with van der Waals surface area (Å²) < 4.78 is 5.46. The SMILES string of the molecule is COc1ccc(C)cc1C(N)C1CN(C)CCN1C. The summed E-state index contributed by atoms with van der Waals surface area (Å²) >= 11 is 0. The smallest absolute Gasteiger partial charge is 0.123 e. The van der Waals surface area contributed by atoms with Gasteiger partial charge in [0.15, 0.2) is 0 Å². The molecule has 4 heteroatoms. The third-order valence-electron chi connectivity index (χ3n) is 4.06. The highest BCUT2D eigenvalue weighted by Crippen LogP contribution is 2.29. The van der Waals surface area contributed by atoms with E-state index in [1.165, 1.54) is 5.56 Å². The number of hydrogen-bond acceptors (Lipinski definition) is 4. The molecule has 1 aromatic carbocycles. The van der Waals surface area contributed by atoms with Crippen LogP contribution in [0.2, 0.25) is 0 Å².